The van der Waals surface area contributed by atoms with E-state index in [0.29, 0.717) is 17.6 Å². The number of hydrogen-bond acceptors (Lipinski definition) is 2. The maximum Gasteiger partial charge on any atom is 0.0409 e. The maximum atomic E-state index is 6.18. The Morgan fingerprint density at radius 1 is 1.43 bits per heavy atom. The molecule has 116 valence electrons. The number of nitrogens with one attached hydrogen (secondary N) is 1. The van der Waals surface area contributed by atoms with Gasteiger partial charge in [0.05, 0.1) is 0 Å². The Kier molecular flexibility index (Phi) is 4.31. The molecular weight excluding hydrogens is 280 g/mol. The zero-order valence-corrected chi connectivity index (χ0v) is 14.2. The van der Waals surface area contributed by atoms with Gasteiger partial charge in [-0.3, -0.25) is 4.90 Å². The molecule has 3 rings (SSSR count). The van der Waals surface area contributed by atoms with Crippen molar-refractivity contribution in [1.29, 1.82) is 0 Å². The number of benzene rings is 1. The van der Waals surface area contributed by atoms with E-state index in [2.05, 4.69) is 49.2 Å². The lowest BCUT2D eigenvalue weighted by atomic mass is 9.88. The van der Waals surface area contributed by atoms with Crippen LogP contribution >= 0.6 is 11.6 Å². The van der Waals surface area contributed by atoms with E-state index < -0.39 is 0 Å². The molecule has 0 spiro atoms. The Morgan fingerprint density at radius 2 is 2.19 bits per heavy atom. The van der Waals surface area contributed by atoms with Crippen molar-refractivity contribution in [3.63, 3.8) is 0 Å². The first-order valence-corrected chi connectivity index (χ1v) is 8.67. The van der Waals surface area contributed by atoms with Crippen molar-refractivity contribution in [2.45, 2.75) is 57.7 Å². The monoisotopic (exact) mass is 306 g/mol. The van der Waals surface area contributed by atoms with Gasteiger partial charge >= 0.3 is 0 Å². The van der Waals surface area contributed by atoms with Crippen molar-refractivity contribution in [2.24, 2.45) is 5.92 Å². The van der Waals surface area contributed by atoms with Gasteiger partial charge < -0.3 is 5.32 Å². The van der Waals surface area contributed by atoms with Crippen molar-refractivity contribution in [3.8, 4) is 0 Å². The SMILES string of the molecule is CCC1CNC(C)(C2CC2)CN1C(C)c1cccc(Cl)c1. The third-order valence-electron chi connectivity index (χ3n) is 5.50. The Morgan fingerprint density at radius 3 is 2.81 bits per heavy atom. The van der Waals surface area contributed by atoms with Gasteiger partial charge in [-0.1, -0.05) is 30.7 Å². The highest BCUT2D eigenvalue weighted by molar-refractivity contribution is 6.30. The quantitative estimate of drug-likeness (QED) is 0.894. The van der Waals surface area contributed by atoms with Crippen LogP contribution in [0.25, 0.3) is 0 Å². The van der Waals surface area contributed by atoms with Crippen molar-refractivity contribution in [2.75, 3.05) is 13.1 Å². The second-order valence-corrected chi connectivity index (χ2v) is 7.47. The van der Waals surface area contributed by atoms with Gasteiger partial charge in [0.25, 0.3) is 0 Å². The minimum absolute atomic E-state index is 0.290. The van der Waals surface area contributed by atoms with E-state index >= 15 is 0 Å². The van der Waals surface area contributed by atoms with Crippen LogP contribution in [0, 0.1) is 5.92 Å². The molecule has 3 unspecified atom stereocenters. The first-order valence-electron chi connectivity index (χ1n) is 8.29. The van der Waals surface area contributed by atoms with Crippen LogP contribution in [0.5, 0.6) is 0 Å². The summed E-state index contributed by atoms with van der Waals surface area (Å²) in [5.41, 5.74) is 1.62. The third-order valence-corrected chi connectivity index (χ3v) is 5.73. The molecule has 1 N–H and O–H groups in total. The zero-order valence-electron chi connectivity index (χ0n) is 13.4. The van der Waals surface area contributed by atoms with E-state index in [-0.39, 0.29) is 0 Å². The predicted octanol–water partition coefficient (Wildman–Crippen LogP) is 4.25. The van der Waals surface area contributed by atoms with Crippen LogP contribution in [0.2, 0.25) is 5.02 Å². The fraction of sp³-hybridized carbons (Fsp3) is 0.667. The van der Waals surface area contributed by atoms with Crippen LogP contribution < -0.4 is 5.32 Å². The van der Waals surface area contributed by atoms with Crippen LogP contribution in [0.1, 0.15) is 51.6 Å². The smallest absolute Gasteiger partial charge is 0.0409 e. The summed E-state index contributed by atoms with van der Waals surface area (Å²) in [6, 6.07) is 9.40. The largest absolute Gasteiger partial charge is 0.308 e. The van der Waals surface area contributed by atoms with Crippen LogP contribution in [0.4, 0.5) is 0 Å². The molecule has 0 bridgehead atoms. The van der Waals surface area contributed by atoms with E-state index in [0.717, 1.165) is 24.0 Å². The van der Waals surface area contributed by atoms with Crippen LogP contribution in [0.3, 0.4) is 0 Å². The van der Waals surface area contributed by atoms with E-state index in [1.807, 2.05) is 6.07 Å². The average molecular weight is 307 g/mol. The molecule has 1 heterocycles. The molecule has 1 aromatic rings. The lowest BCUT2D eigenvalue weighted by Gasteiger charge is -2.49. The molecule has 2 nitrogen and oxygen atoms in total. The van der Waals surface area contributed by atoms with Crippen LogP contribution in [-0.4, -0.2) is 29.6 Å². The molecule has 1 aliphatic heterocycles. The molecule has 0 amide bonds. The number of hydrogen-bond donors (Lipinski definition) is 1. The third kappa shape index (κ3) is 3.13. The highest BCUT2D eigenvalue weighted by Crippen LogP contribution is 2.43. The number of nitrogens with zero attached hydrogens (tertiary/aromatic N) is 1. The van der Waals surface area contributed by atoms with Crippen molar-refractivity contribution in [3.05, 3.63) is 34.9 Å². The molecule has 2 aliphatic rings. The fourth-order valence-electron chi connectivity index (χ4n) is 3.82. The van der Waals surface area contributed by atoms with Gasteiger partial charge in [0.15, 0.2) is 0 Å². The topological polar surface area (TPSA) is 15.3 Å². The highest BCUT2D eigenvalue weighted by Gasteiger charge is 2.46. The second-order valence-electron chi connectivity index (χ2n) is 7.04. The summed E-state index contributed by atoms with van der Waals surface area (Å²) in [6.45, 7) is 9.28. The van der Waals surface area contributed by atoms with Gasteiger partial charge in [0, 0.05) is 35.7 Å². The van der Waals surface area contributed by atoms with Crippen LogP contribution in [-0.2, 0) is 0 Å². The van der Waals surface area contributed by atoms with E-state index in [4.69, 9.17) is 11.6 Å². The molecule has 3 atom stereocenters. The summed E-state index contributed by atoms with van der Waals surface area (Å²) in [5, 5.41) is 4.68. The van der Waals surface area contributed by atoms with E-state index in [9.17, 15) is 0 Å². The summed E-state index contributed by atoms with van der Waals surface area (Å²) < 4.78 is 0. The summed E-state index contributed by atoms with van der Waals surface area (Å²) in [4.78, 5) is 2.69. The van der Waals surface area contributed by atoms with Crippen molar-refractivity contribution in [1.82, 2.24) is 10.2 Å². The molecular formula is C18H27ClN2. The highest BCUT2D eigenvalue weighted by atomic mass is 35.5. The predicted molar refractivity (Wildman–Crippen MR) is 89.8 cm³/mol. The van der Waals surface area contributed by atoms with Gasteiger partial charge in [0.2, 0.25) is 0 Å². The summed E-state index contributed by atoms with van der Waals surface area (Å²) in [6.07, 6.45) is 3.97. The van der Waals surface area contributed by atoms with E-state index in [1.165, 1.54) is 24.8 Å². The van der Waals surface area contributed by atoms with Gasteiger partial charge in [-0.05, 0) is 56.7 Å². The van der Waals surface area contributed by atoms with Gasteiger partial charge in [-0.25, -0.2) is 0 Å². The summed E-state index contributed by atoms with van der Waals surface area (Å²) >= 11 is 6.18. The maximum absolute atomic E-state index is 6.18. The molecule has 2 fully saturated rings. The lowest BCUT2D eigenvalue weighted by Crippen LogP contribution is -2.64. The molecule has 21 heavy (non-hydrogen) atoms. The minimum atomic E-state index is 0.290. The molecule has 3 heteroatoms. The standard InChI is InChI=1S/C18H27ClN2/c1-4-17-11-20-18(3,15-8-9-15)12-21(17)13(2)14-6-5-7-16(19)10-14/h5-7,10,13,15,17,20H,4,8-9,11-12H2,1-3H3. The lowest BCUT2D eigenvalue weighted by molar-refractivity contribution is 0.0418. The summed E-state index contributed by atoms with van der Waals surface area (Å²) in [5.74, 6) is 0.865. The van der Waals surface area contributed by atoms with Crippen molar-refractivity contribution < 1.29 is 0 Å². The first kappa shape index (κ1) is 15.3. The Labute approximate surface area is 133 Å². The number of halogens is 1. The normalized spacial score (nSPS) is 32.1. The molecule has 1 aromatic carbocycles. The Bertz CT molecular complexity index is 500. The van der Waals surface area contributed by atoms with E-state index in [1.54, 1.807) is 0 Å². The Hall–Kier alpha value is -0.570. The average Bonchev–Trinajstić information content (AvgIpc) is 3.31. The first-order chi connectivity index (χ1) is 10.0. The van der Waals surface area contributed by atoms with Gasteiger partial charge in [-0.2, -0.15) is 0 Å². The summed E-state index contributed by atoms with van der Waals surface area (Å²) in [7, 11) is 0. The van der Waals surface area contributed by atoms with Crippen LogP contribution in [0.15, 0.2) is 24.3 Å². The molecule has 1 saturated carbocycles. The van der Waals surface area contributed by atoms with Gasteiger partial charge in [-0.15, -0.1) is 0 Å². The molecule has 1 aliphatic carbocycles. The molecule has 1 saturated heterocycles. The Balaban J connectivity index is 1.82. The van der Waals surface area contributed by atoms with Gasteiger partial charge in [0.1, 0.15) is 0 Å². The molecule has 0 radical (unpaired) electrons. The van der Waals surface area contributed by atoms with Crippen molar-refractivity contribution >= 4 is 11.6 Å². The number of piperazine rings is 1. The fourth-order valence-corrected chi connectivity index (χ4v) is 4.02. The zero-order chi connectivity index (χ0) is 15.0. The second kappa shape index (κ2) is 5.91. The minimum Gasteiger partial charge on any atom is -0.308 e. The number of rotatable bonds is 4. The molecule has 0 aromatic heterocycles.